The van der Waals surface area contributed by atoms with E-state index in [1.54, 1.807) is 17.5 Å². The third-order valence-electron chi connectivity index (χ3n) is 5.58. The number of rotatable bonds is 5. The van der Waals surface area contributed by atoms with Gasteiger partial charge in [0, 0.05) is 30.2 Å². The van der Waals surface area contributed by atoms with Crippen LogP contribution in [0.2, 0.25) is 0 Å². The molecule has 0 amide bonds. The zero-order valence-corrected chi connectivity index (χ0v) is 18.1. The molecule has 0 N–H and O–H groups in total. The van der Waals surface area contributed by atoms with E-state index in [1.165, 1.54) is 16.5 Å². The summed E-state index contributed by atoms with van der Waals surface area (Å²) < 4.78 is 1.99. The summed E-state index contributed by atoms with van der Waals surface area (Å²) >= 11 is 1.71. The fourth-order valence-corrected chi connectivity index (χ4v) is 5.09. The van der Waals surface area contributed by atoms with Crippen molar-refractivity contribution >= 4 is 27.4 Å². The summed E-state index contributed by atoms with van der Waals surface area (Å²) in [6.07, 6.45) is 5.78. The lowest BCUT2D eigenvalue weighted by molar-refractivity contribution is 0.358. The van der Waals surface area contributed by atoms with Gasteiger partial charge in [-0.15, -0.1) is 16.4 Å². The van der Waals surface area contributed by atoms with Gasteiger partial charge in [0.25, 0.3) is 0 Å². The second-order valence-electron chi connectivity index (χ2n) is 8.00. The van der Waals surface area contributed by atoms with Crippen molar-refractivity contribution in [3.8, 4) is 11.1 Å². The van der Waals surface area contributed by atoms with Crippen molar-refractivity contribution in [1.29, 1.82) is 0 Å². The van der Waals surface area contributed by atoms with E-state index in [1.807, 2.05) is 10.9 Å². The molecule has 3 aromatic heterocycles. The molecule has 0 aliphatic carbocycles. The van der Waals surface area contributed by atoms with Crippen LogP contribution in [0.3, 0.4) is 0 Å². The number of thiophene rings is 1. The molecule has 7 nitrogen and oxygen atoms in total. The Morgan fingerprint density at radius 2 is 1.90 bits per heavy atom. The predicted octanol–water partition coefficient (Wildman–Crippen LogP) is 3.85. The highest BCUT2D eigenvalue weighted by molar-refractivity contribution is 7.17. The number of hydrogen-bond donors (Lipinski definition) is 0. The molecule has 5 rings (SSSR count). The van der Waals surface area contributed by atoms with Gasteiger partial charge in [0.1, 0.15) is 16.5 Å². The Balaban J connectivity index is 1.54. The standard InChI is InChI=1S/C22H25N7S/c1-27(2)14-19-24-21(28-11-8-17(9-12-28)29-13-10-23-26-29)20-18(15-30-22(20)25-19)16-6-4-3-5-7-16/h3-7,10,13,15,17H,8-9,11-12,14H2,1-2H3. The normalized spacial score (nSPS) is 15.4. The van der Waals surface area contributed by atoms with Gasteiger partial charge in [0.05, 0.1) is 24.2 Å². The maximum atomic E-state index is 5.06. The second-order valence-corrected chi connectivity index (χ2v) is 8.86. The zero-order chi connectivity index (χ0) is 20.5. The molecule has 154 valence electrons. The van der Waals surface area contributed by atoms with Crippen molar-refractivity contribution in [1.82, 2.24) is 29.9 Å². The van der Waals surface area contributed by atoms with Crippen molar-refractivity contribution in [3.63, 3.8) is 0 Å². The van der Waals surface area contributed by atoms with Gasteiger partial charge < -0.3 is 9.80 Å². The van der Waals surface area contributed by atoms with Crippen LogP contribution >= 0.6 is 11.3 Å². The Bertz CT molecular complexity index is 1110. The largest absolute Gasteiger partial charge is 0.356 e. The molecule has 1 aliphatic rings. The number of anilines is 1. The lowest BCUT2D eigenvalue weighted by Crippen LogP contribution is -2.35. The fraction of sp³-hybridized carbons (Fsp3) is 0.364. The summed E-state index contributed by atoms with van der Waals surface area (Å²) in [6, 6.07) is 11.0. The van der Waals surface area contributed by atoms with E-state index in [4.69, 9.17) is 9.97 Å². The fourth-order valence-electron chi connectivity index (χ4n) is 4.13. The molecule has 0 atom stereocenters. The molecule has 1 aliphatic heterocycles. The van der Waals surface area contributed by atoms with Crippen LogP contribution < -0.4 is 4.90 Å². The summed E-state index contributed by atoms with van der Waals surface area (Å²) in [6.45, 7) is 2.63. The molecule has 1 saturated heterocycles. The van der Waals surface area contributed by atoms with E-state index in [-0.39, 0.29) is 0 Å². The van der Waals surface area contributed by atoms with E-state index < -0.39 is 0 Å². The number of aromatic nitrogens is 5. The predicted molar refractivity (Wildman–Crippen MR) is 121 cm³/mol. The van der Waals surface area contributed by atoms with Crippen molar-refractivity contribution in [3.05, 3.63) is 53.9 Å². The van der Waals surface area contributed by atoms with E-state index >= 15 is 0 Å². The van der Waals surface area contributed by atoms with Crippen molar-refractivity contribution in [2.45, 2.75) is 25.4 Å². The minimum atomic E-state index is 0.401. The van der Waals surface area contributed by atoms with Gasteiger partial charge in [-0.1, -0.05) is 35.5 Å². The zero-order valence-electron chi connectivity index (χ0n) is 17.3. The molecule has 4 heterocycles. The molecule has 1 aromatic carbocycles. The minimum absolute atomic E-state index is 0.401. The first-order valence-corrected chi connectivity index (χ1v) is 11.2. The lowest BCUT2D eigenvalue weighted by Gasteiger charge is -2.33. The number of piperidine rings is 1. The van der Waals surface area contributed by atoms with Gasteiger partial charge >= 0.3 is 0 Å². The van der Waals surface area contributed by atoms with Crippen LogP contribution in [0.4, 0.5) is 5.82 Å². The van der Waals surface area contributed by atoms with Gasteiger partial charge in [-0.25, -0.2) is 14.6 Å². The molecule has 30 heavy (non-hydrogen) atoms. The monoisotopic (exact) mass is 419 g/mol. The Morgan fingerprint density at radius 3 is 2.60 bits per heavy atom. The highest BCUT2D eigenvalue weighted by Crippen LogP contribution is 2.39. The number of benzene rings is 1. The second kappa shape index (κ2) is 8.12. The molecule has 1 fully saturated rings. The van der Waals surface area contributed by atoms with Crippen molar-refractivity contribution in [2.75, 3.05) is 32.1 Å². The van der Waals surface area contributed by atoms with E-state index in [0.29, 0.717) is 6.04 Å². The number of nitrogens with zero attached hydrogens (tertiary/aromatic N) is 7. The van der Waals surface area contributed by atoms with Crippen LogP contribution in [0.5, 0.6) is 0 Å². The summed E-state index contributed by atoms with van der Waals surface area (Å²) in [7, 11) is 4.11. The first-order chi connectivity index (χ1) is 14.7. The Labute approximate surface area is 180 Å². The summed E-state index contributed by atoms with van der Waals surface area (Å²) in [5.41, 5.74) is 2.44. The van der Waals surface area contributed by atoms with Crippen LogP contribution in [0.25, 0.3) is 21.3 Å². The van der Waals surface area contributed by atoms with Gasteiger partial charge in [-0.05, 0) is 32.5 Å². The van der Waals surface area contributed by atoms with Gasteiger partial charge in [-0.2, -0.15) is 0 Å². The first-order valence-electron chi connectivity index (χ1n) is 10.3. The van der Waals surface area contributed by atoms with Crippen LogP contribution in [0, 0.1) is 0 Å². The third-order valence-corrected chi connectivity index (χ3v) is 6.45. The van der Waals surface area contributed by atoms with E-state index in [0.717, 1.165) is 48.9 Å². The molecular formula is C22H25N7S. The maximum Gasteiger partial charge on any atom is 0.146 e. The van der Waals surface area contributed by atoms with Crippen molar-refractivity contribution < 1.29 is 0 Å². The number of hydrogen-bond acceptors (Lipinski definition) is 7. The molecule has 0 radical (unpaired) electrons. The van der Waals surface area contributed by atoms with Crippen LogP contribution in [0.15, 0.2) is 48.1 Å². The molecule has 8 heteroatoms. The topological polar surface area (TPSA) is 63.0 Å². The van der Waals surface area contributed by atoms with E-state index in [9.17, 15) is 0 Å². The summed E-state index contributed by atoms with van der Waals surface area (Å²) in [5, 5.41) is 11.6. The van der Waals surface area contributed by atoms with Crippen LogP contribution in [-0.2, 0) is 6.54 Å². The molecule has 4 aromatic rings. The van der Waals surface area contributed by atoms with Gasteiger partial charge in [0.15, 0.2) is 0 Å². The highest BCUT2D eigenvalue weighted by atomic mass is 32.1. The maximum absolute atomic E-state index is 5.06. The molecular weight excluding hydrogens is 394 g/mol. The van der Waals surface area contributed by atoms with Crippen LogP contribution in [0.1, 0.15) is 24.7 Å². The molecule has 0 spiro atoms. The van der Waals surface area contributed by atoms with Gasteiger partial charge in [0.2, 0.25) is 0 Å². The number of fused-ring (bicyclic) bond motifs is 1. The molecule has 0 bridgehead atoms. The minimum Gasteiger partial charge on any atom is -0.356 e. The first kappa shape index (κ1) is 19.1. The Morgan fingerprint density at radius 1 is 1.10 bits per heavy atom. The van der Waals surface area contributed by atoms with E-state index in [2.05, 4.69) is 69.9 Å². The SMILES string of the molecule is CN(C)Cc1nc(N2CCC(n3ccnn3)CC2)c2c(-c3ccccc3)csc2n1. The average Bonchev–Trinajstić information content (AvgIpc) is 3.44. The van der Waals surface area contributed by atoms with Gasteiger partial charge in [-0.3, -0.25) is 0 Å². The van der Waals surface area contributed by atoms with Crippen molar-refractivity contribution in [2.24, 2.45) is 0 Å². The summed E-state index contributed by atoms with van der Waals surface area (Å²) in [4.78, 5) is 15.6. The summed E-state index contributed by atoms with van der Waals surface area (Å²) in [5.74, 6) is 1.94. The average molecular weight is 420 g/mol. The molecule has 0 unspecified atom stereocenters. The Hall–Kier alpha value is -2.84. The Kier molecular flexibility index (Phi) is 5.18. The highest BCUT2D eigenvalue weighted by Gasteiger charge is 2.25. The quantitative estimate of drug-likeness (QED) is 0.490. The lowest BCUT2D eigenvalue weighted by atomic mass is 10.0. The smallest absolute Gasteiger partial charge is 0.146 e. The van der Waals surface area contributed by atoms with Crippen LogP contribution in [-0.4, -0.2) is 57.0 Å². The third kappa shape index (κ3) is 3.68. The molecule has 0 saturated carbocycles.